The zero-order valence-electron chi connectivity index (χ0n) is 19.8. The molecule has 0 saturated carbocycles. The Morgan fingerprint density at radius 1 is 1.18 bits per heavy atom. The van der Waals surface area contributed by atoms with Gasteiger partial charge in [0.15, 0.2) is 6.10 Å². The molecule has 0 bridgehead atoms. The second-order valence-electron chi connectivity index (χ2n) is 9.38. The number of anilines is 1. The van der Waals surface area contributed by atoms with Gasteiger partial charge in [-0.1, -0.05) is 6.07 Å². The maximum atomic E-state index is 13.3. The molecule has 2 aliphatic heterocycles. The van der Waals surface area contributed by atoms with Crippen LogP contribution in [0.2, 0.25) is 0 Å². The van der Waals surface area contributed by atoms with E-state index in [1.807, 2.05) is 11.8 Å². The number of carbonyl (C=O) groups is 4. The van der Waals surface area contributed by atoms with E-state index in [0.29, 0.717) is 17.8 Å². The smallest absolute Gasteiger partial charge is 0.351 e. The quantitative estimate of drug-likeness (QED) is 0.622. The Hall–Kier alpha value is -2.94. The molecule has 1 aromatic carbocycles. The molecule has 9 nitrogen and oxygen atoms in total. The molecule has 1 aromatic rings. The van der Waals surface area contributed by atoms with Gasteiger partial charge in [-0.05, 0) is 58.7 Å². The first-order valence-electron chi connectivity index (χ1n) is 11.2. The maximum Gasteiger partial charge on any atom is 0.351 e. The Bertz CT molecular complexity index is 924. The van der Waals surface area contributed by atoms with Crippen LogP contribution in [0.15, 0.2) is 24.3 Å². The van der Waals surface area contributed by atoms with Crippen molar-refractivity contribution in [2.75, 3.05) is 24.6 Å². The molecule has 2 saturated heterocycles. The second kappa shape index (κ2) is 9.91. The molecule has 3 rings (SSSR count). The van der Waals surface area contributed by atoms with E-state index in [1.165, 1.54) is 4.90 Å². The highest BCUT2D eigenvalue weighted by Crippen LogP contribution is 2.26. The van der Waals surface area contributed by atoms with Crippen LogP contribution in [0.5, 0.6) is 0 Å². The predicted octanol–water partition coefficient (Wildman–Crippen LogP) is 2.32. The average Bonchev–Trinajstić information content (AvgIpc) is 3.16. The van der Waals surface area contributed by atoms with E-state index in [9.17, 15) is 19.2 Å². The van der Waals surface area contributed by atoms with Gasteiger partial charge in [-0.3, -0.25) is 14.4 Å². The third kappa shape index (κ3) is 5.90. The van der Waals surface area contributed by atoms with Crippen molar-refractivity contribution in [3.63, 3.8) is 0 Å². The Morgan fingerprint density at radius 2 is 1.91 bits per heavy atom. The minimum Gasteiger partial charge on any atom is -0.457 e. The summed E-state index contributed by atoms with van der Waals surface area (Å²) in [6, 6.07) is 7.01. The standard InChI is InChI=1S/C24H32N2O7/c1-15-8-7-11-25(15)21(28)17-9-6-10-18(14-17)26-12-13-31-19(22(26)29)20(32-16(2)27)23(30)33-24(3,4)5/h6,9-10,14-15,19-20H,7-8,11-13H2,1-5H3/t15-,19+,20+/m0/s1. The molecule has 0 aliphatic carbocycles. The second-order valence-corrected chi connectivity index (χ2v) is 9.38. The third-order valence-corrected chi connectivity index (χ3v) is 5.55. The molecule has 3 atom stereocenters. The van der Waals surface area contributed by atoms with E-state index in [2.05, 4.69) is 0 Å². The molecule has 0 N–H and O–H groups in total. The van der Waals surface area contributed by atoms with Crippen LogP contribution in [0.4, 0.5) is 5.69 Å². The first kappa shape index (κ1) is 24.7. The van der Waals surface area contributed by atoms with Gasteiger partial charge in [0.25, 0.3) is 11.8 Å². The molecule has 0 radical (unpaired) electrons. The molecule has 0 unspecified atom stereocenters. The van der Waals surface area contributed by atoms with Gasteiger partial charge in [0.2, 0.25) is 6.10 Å². The van der Waals surface area contributed by atoms with Crippen LogP contribution in [-0.4, -0.2) is 72.2 Å². The van der Waals surface area contributed by atoms with Gasteiger partial charge in [0, 0.05) is 37.3 Å². The summed E-state index contributed by atoms with van der Waals surface area (Å²) in [6.45, 7) is 9.27. The number of amides is 2. The molecule has 0 spiro atoms. The molecule has 0 aromatic heterocycles. The molecule has 180 valence electrons. The van der Waals surface area contributed by atoms with Crippen molar-refractivity contribution in [2.24, 2.45) is 0 Å². The van der Waals surface area contributed by atoms with E-state index in [1.54, 1.807) is 45.0 Å². The minimum absolute atomic E-state index is 0.0781. The summed E-state index contributed by atoms with van der Waals surface area (Å²) in [6.07, 6.45) is -0.946. The molecule has 2 amide bonds. The van der Waals surface area contributed by atoms with Crippen LogP contribution in [-0.2, 0) is 28.6 Å². The van der Waals surface area contributed by atoms with E-state index >= 15 is 0 Å². The highest BCUT2D eigenvalue weighted by molar-refractivity contribution is 6.02. The molecular formula is C24H32N2O7. The predicted molar refractivity (Wildman–Crippen MR) is 120 cm³/mol. The van der Waals surface area contributed by atoms with Crippen LogP contribution in [0.25, 0.3) is 0 Å². The van der Waals surface area contributed by atoms with E-state index < -0.39 is 35.7 Å². The Kier molecular flexibility index (Phi) is 7.41. The SMILES string of the molecule is CC(=O)O[C@@H](C(=O)OC(C)(C)C)[C@H]1OCCN(c2cccc(C(=O)N3CCC[C@@H]3C)c2)C1=O. The number of rotatable bonds is 5. The van der Waals surface area contributed by atoms with Crippen molar-refractivity contribution in [3.05, 3.63) is 29.8 Å². The fraction of sp³-hybridized carbons (Fsp3) is 0.583. The molecule has 2 aliphatic rings. The number of esters is 2. The number of morpholine rings is 1. The molecular weight excluding hydrogens is 428 g/mol. The summed E-state index contributed by atoms with van der Waals surface area (Å²) < 4.78 is 16.1. The topological polar surface area (TPSA) is 102 Å². The van der Waals surface area contributed by atoms with Gasteiger partial charge < -0.3 is 24.0 Å². The van der Waals surface area contributed by atoms with Crippen LogP contribution in [0, 0.1) is 0 Å². The minimum atomic E-state index is -1.53. The van der Waals surface area contributed by atoms with Gasteiger partial charge >= 0.3 is 11.9 Å². The summed E-state index contributed by atoms with van der Waals surface area (Å²) in [5, 5.41) is 0. The van der Waals surface area contributed by atoms with Gasteiger partial charge in [-0.25, -0.2) is 4.79 Å². The number of likely N-dealkylation sites (tertiary alicyclic amines) is 1. The summed E-state index contributed by atoms with van der Waals surface area (Å²) in [4.78, 5) is 53.9. The number of nitrogens with zero attached hydrogens (tertiary/aromatic N) is 2. The monoisotopic (exact) mass is 460 g/mol. The average molecular weight is 461 g/mol. The number of hydrogen-bond donors (Lipinski definition) is 0. The van der Waals surface area contributed by atoms with Gasteiger partial charge in [-0.15, -0.1) is 0 Å². The normalized spacial score (nSPS) is 22.2. The summed E-state index contributed by atoms with van der Waals surface area (Å²) in [7, 11) is 0. The van der Waals surface area contributed by atoms with Gasteiger partial charge in [0.05, 0.1) is 6.61 Å². The van der Waals surface area contributed by atoms with Crippen LogP contribution < -0.4 is 4.90 Å². The molecule has 2 heterocycles. The number of hydrogen-bond acceptors (Lipinski definition) is 7. The van der Waals surface area contributed by atoms with Gasteiger partial charge in [0.1, 0.15) is 5.60 Å². The van der Waals surface area contributed by atoms with Gasteiger partial charge in [-0.2, -0.15) is 0 Å². The number of carbonyl (C=O) groups excluding carboxylic acids is 4. The Labute approximate surface area is 193 Å². The lowest BCUT2D eigenvalue weighted by Crippen LogP contribution is -2.56. The Balaban J connectivity index is 1.83. The fourth-order valence-electron chi connectivity index (χ4n) is 4.06. The number of benzene rings is 1. The van der Waals surface area contributed by atoms with E-state index in [4.69, 9.17) is 14.2 Å². The molecule has 33 heavy (non-hydrogen) atoms. The summed E-state index contributed by atoms with van der Waals surface area (Å²) in [5.74, 6) is -2.21. The first-order chi connectivity index (χ1) is 15.5. The largest absolute Gasteiger partial charge is 0.457 e. The van der Waals surface area contributed by atoms with Crippen LogP contribution in [0.1, 0.15) is 57.8 Å². The van der Waals surface area contributed by atoms with Crippen molar-refractivity contribution >= 4 is 29.4 Å². The highest BCUT2D eigenvalue weighted by Gasteiger charge is 2.44. The Morgan fingerprint density at radius 3 is 2.52 bits per heavy atom. The zero-order valence-corrected chi connectivity index (χ0v) is 19.8. The van der Waals surface area contributed by atoms with Crippen molar-refractivity contribution in [1.82, 2.24) is 4.90 Å². The van der Waals surface area contributed by atoms with Crippen molar-refractivity contribution in [3.8, 4) is 0 Å². The first-order valence-corrected chi connectivity index (χ1v) is 11.2. The third-order valence-electron chi connectivity index (χ3n) is 5.55. The summed E-state index contributed by atoms with van der Waals surface area (Å²) in [5.41, 5.74) is 0.159. The maximum absolute atomic E-state index is 13.3. The molecule has 2 fully saturated rings. The van der Waals surface area contributed by atoms with Crippen LogP contribution in [0.3, 0.4) is 0 Å². The molecule has 9 heteroatoms. The van der Waals surface area contributed by atoms with Crippen molar-refractivity contribution < 1.29 is 33.4 Å². The number of ether oxygens (including phenoxy) is 3. The highest BCUT2D eigenvalue weighted by atomic mass is 16.6. The zero-order chi connectivity index (χ0) is 24.3. The van der Waals surface area contributed by atoms with Crippen molar-refractivity contribution in [2.45, 2.75) is 71.3 Å². The van der Waals surface area contributed by atoms with E-state index in [0.717, 1.165) is 19.8 Å². The lowest BCUT2D eigenvalue weighted by Gasteiger charge is -2.35. The van der Waals surface area contributed by atoms with Crippen LogP contribution >= 0.6 is 0 Å². The fourth-order valence-corrected chi connectivity index (χ4v) is 4.06. The van der Waals surface area contributed by atoms with E-state index in [-0.39, 0.29) is 25.1 Å². The lowest BCUT2D eigenvalue weighted by molar-refractivity contribution is -0.188. The van der Waals surface area contributed by atoms with Crippen molar-refractivity contribution in [1.29, 1.82) is 0 Å². The summed E-state index contributed by atoms with van der Waals surface area (Å²) >= 11 is 0. The lowest BCUT2D eigenvalue weighted by atomic mass is 10.1.